The van der Waals surface area contributed by atoms with E-state index in [1.54, 1.807) is 0 Å². The molecule has 2 nitrogen and oxygen atoms in total. The van der Waals surface area contributed by atoms with Gasteiger partial charge in [-0.3, -0.25) is 0 Å². The summed E-state index contributed by atoms with van der Waals surface area (Å²) in [5.74, 6) is -1.11. The zero-order valence-electron chi connectivity index (χ0n) is 9.02. The summed E-state index contributed by atoms with van der Waals surface area (Å²) in [4.78, 5) is 11.6. The molecule has 0 fully saturated rings. The normalized spacial score (nSPS) is 9.94. The molecule has 0 heterocycles. The molecule has 2 rings (SSSR count). The molecule has 17 heavy (non-hydrogen) atoms. The summed E-state index contributed by atoms with van der Waals surface area (Å²) < 4.78 is 17.9. The van der Waals surface area contributed by atoms with Gasteiger partial charge in [-0.2, -0.15) is 0 Å². The lowest BCUT2D eigenvalue weighted by Crippen LogP contribution is -2.05. The van der Waals surface area contributed by atoms with E-state index in [1.165, 1.54) is 12.1 Å². The fraction of sp³-hybridized carbons (Fsp3) is 0.0714. The highest BCUT2D eigenvalue weighted by atomic mass is 19.1. The third-order valence-electron chi connectivity index (χ3n) is 2.21. The number of esters is 1. The zero-order valence-corrected chi connectivity index (χ0v) is 9.02. The standard InChI is InChI=1S/C14H10FO2/c15-13-8-4-7-12(9-13)14(16)17-10-11-5-2-1-3-6-11/h1-7,9H,10H2. The average molecular weight is 229 g/mol. The molecule has 0 saturated heterocycles. The summed E-state index contributed by atoms with van der Waals surface area (Å²) >= 11 is 0. The Labute approximate surface area is 98.7 Å². The number of halogens is 1. The maximum Gasteiger partial charge on any atom is 0.338 e. The van der Waals surface area contributed by atoms with Crippen LogP contribution in [-0.4, -0.2) is 5.97 Å². The van der Waals surface area contributed by atoms with Crippen LogP contribution < -0.4 is 0 Å². The first kappa shape index (κ1) is 11.3. The maximum absolute atomic E-state index is 12.8. The van der Waals surface area contributed by atoms with Crippen LogP contribution in [0.4, 0.5) is 4.39 Å². The molecule has 3 heteroatoms. The van der Waals surface area contributed by atoms with Crippen LogP contribution in [0.25, 0.3) is 0 Å². The van der Waals surface area contributed by atoms with Gasteiger partial charge in [0.25, 0.3) is 0 Å². The van der Waals surface area contributed by atoms with Crippen molar-refractivity contribution in [1.29, 1.82) is 0 Å². The second-order valence-electron chi connectivity index (χ2n) is 3.49. The third kappa shape index (κ3) is 3.14. The Hall–Kier alpha value is -2.16. The van der Waals surface area contributed by atoms with E-state index in [4.69, 9.17) is 4.74 Å². The van der Waals surface area contributed by atoms with Crippen molar-refractivity contribution < 1.29 is 13.9 Å². The Morgan fingerprint density at radius 2 is 2.00 bits per heavy atom. The Kier molecular flexibility index (Phi) is 3.50. The van der Waals surface area contributed by atoms with Crippen LogP contribution in [-0.2, 0) is 11.3 Å². The van der Waals surface area contributed by atoms with Gasteiger partial charge in [-0.25, -0.2) is 9.18 Å². The van der Waals surface area contributed by atoms with Gasteiger partial charge >= 0.3 is 5.97 Å². The lowest BCUT2D eigenvalue weighted by molar-refractivity contribution is 0.0472. The van der Waals surface area contributed by atoms with Crippen LogP contribution in [0.2, 0.25) is 0 Å². The second kappa shape index (κ2) is 5.25. The number of hydrogen-bond acceptors (Lipinski definition) is 2. The topological polar surface area (TPSA) is 26.3 Å². The van der Waals surface area contributed by atoms with Crippen molar-refractivity contribution in [3.63, 3.8) is 0 Å². The van der Waals surface area contributed by atoms with Crippen LogP contribution in [0.1, 0.15) is 15.9 Å². The van der Waals surface area contributed by atoms with E-state index >= 15 is 0 Å². The summed E-state index contributed by atoms with van der Waals surface area (Å²) in [7, 11) is 0. The van der Waals surface area contributed by atoms with Crippen molar-refractivity contribution >= 4 is 5.97 Å². The minimum atomic E-state index is -0.570. The van der Waals surface area contributed by atoms with Crippen LogP contribution >= 0.6 is 0 Å². The molecule has 85 valence electrons. The van der Waals surface area contributed by atoms with Gasteiger partial charge in [0, 0.05) is 6.07 Å². The average Bonchev–Trinajstić information content (AvgIpc) is 2.37. The van der Waals surface area contributed by atoms with E-state index in [1.807, 2.05) is 30.3 Å². The van der Waals surface area contributed by atoms with Gasteiger partial charge in [0.05, 0.1) is 5.56 Å². The first-order chi connectivity index (χ1) is 8.25. The molecule has 0 bridgehead atoms. The van der Waals surface area contributed by atoms with Gasteiger partial charge in [-0.05, 0) is 17.7 Å². The van der Waals surface area contributed by atoms with E-state index in [0.29, 0.717) is 0 Å². The van der Waals surface area contributed by atoms with Crippen LogP contribution in [0.3, 0.4) is 0 Å². The molecule has 0 N–H and O–H groups in total. The van der Waals surface area contributed by atoms with Crippen LogP contribution in [0.15, 0.2) is 48.5 Å². The van der Waals surface area contributed by atoms with Gasteiger partial charge in [-0.1, -0.05) is 36.4 Å². The largest absolute Gasteiger partial charge is 0.457 e. The summed E-state index contributed by atoms with van der Waals surface area (Å²) in [5.41, 5.74) is 1.08. The SMILES string of the molecule is O=C(OCc1ccccc1)c1cc[c]c(F)c1. The number of carbonyl (C=O) groups excluding carboxylic acids is 1. The number of hydrogen-bond donors (Lipinski definition) is 0. The summed E-state index contributed by atoms with van der Waals surface area (Å²) in [6, 6.07) is 15.6. The molecule has 0 amide bonds. The molecule has 0 aliphatic rings. The molecule has 0 saturated carbocycles. The maximum atomic E-state index is 12.8. The predicted molar refractivity (Wildman–Crippen MR) is 60.8 cm³/mol. The first-order valence-corrected chi connectivity index (χ1v) is 5.14. The van der Waals surface area contributed by atoms with E-state index < -0.39 is 11.8 Å². The molecule has 0 atom stereocenters. The van der Waals surface area contributed by atoms with E-state index in [9.17, 15) is 9.18 Å². The van der Waals surface area contributed by atoms with Gasteiger partial charge in [-0.15, -0.1) is 0 Å². The highest BCUT2D eigenvalue weighted by Gasteiger charge is 2.07. The first-order valence-electron chi connectivity index (χ1n) is 5.14. The Balaban J connectivity index is 1.98. The molecule has 0 aromatic heterocycles. The van der Waals surface area contributed by atoms with Crippen molar-refractivity contribution in [1.82, 2.24) is 0 Å². The van der Waals surface area contributed by atoms with E-state index in [0.717, 1.165) is 11.6 Å². The highest BCUT2D eigenvalue weighted by Crippen LogP contribution is 2.07. The Bertz CT molecular complexity index is 509. The molecule has 2 aromatic carbocycles. The number of rotatable bonds is 3. The van der Waals surface area contributed by atoms with Gasteiger partial charge in [0.2, 0.25) is 0 Å². The number of ether oxygens (including phenoxy) is 1. The molecule has 0 spiro atoms. The molecular formula is C14H10FO2. The molecule has 1 radical (unpaired) electrons. The quantitative estimate of drug-likeness (QED) is 0.756. The molecular weight excluding hydrogens is 219 g/mol. The zero-order chi connectivity index (χ0) is 12.1. The van der Waals surface area contributed by atoms with Crippen LogP contribution in [0, 0.1) is 11.9 Å². The number of carbonyl (C=O) groups is 1. The van der Waals surface area contributed by atoms with Crippen molar-refractivity contribution in [2.75, 3.05) is 0 Å². The smallest absolute Gasteiger partial charge is 0.338 e. The molecule has 0 unspecified atom stereocenters. The lowest BCUT2D eigenvalue weighted by Gasteiger charge is -2.04. The van der Waals surface area contributed by atoms with E-state index in [-0.39, 0.29) is 12.2 Å². The van der Waals surface area contributed by atoms with Crippen molar-refractivity contribution in [2.24, 2.45) is 0 Å². The molecule has 0 aliphatic carbocycles. The fourth-order valence-electron chi connectivity index (χ4n) is 1.37. The third-order valence-corrected chi connectivity index (χ3v) is 2.21. The fourth-order valence-corrected chi connectivity index (χ4v) is 1.37. The summed E-state index contributed by atoms with van der Waals surface area (Å²) in [6.07, 6.45) is 0. The number of benzene rings is 2. The van der Waals surface area contributed by atoms with E-state index in [2.05, 4.69) is 6.07 Å². The monoisotopic (exact) mass is 229 g/mol. The lowest BCUT2D eigenvalue weighted by atomic mass is 10.2. The van der Waals surface area contributed by atoms with Crippen molar-refractivity contribution in [3.05, 3.63) is 71.5 Å². The predicted octanol–water partition coefficient (Wildman–Crippen LogP) is 2.98. The van der Waals surface area contributed by atoms with Gasteiger partial charge in [0.15, 0.2) is 0 Å². The second-order valence-corrected chi connectivity index (χ2v) is 3.49. The summed E-state index contributed by atoms with van der Waals surface area (Å²) in [5, 5.41) is 0. The van der Waals surface area contributed by atoms with Gasteiger partial charge in [0.1, 0.15) is 12.4 Å². The highest BCUT2D eigenvalue weighted by molar-refractivity contribution is 5.89. The molecule has 0 aliphatic heterocycles. The minimum Gasteiger partial charge on any atom is -0.457 e. The van der Waals surface area contributed by atoms with Crippen LogP contribution in [0.5, 0.6) is 0 Å². The van der Waals surface area contributed by atoms with Crippen molar-refractivity contribution in [3.8, 4) is 0 Å². The Morgan fingerprint density at radius 1 is 1.24 bits per heavy atom. The summed E-state index contributed by atoms with van der Waals surface area (Å²) in [6.45, 7) is 0.180. The van der Waals surface area contributed by atoms with Gasteiger partial charge < -0.3 is 4.74 Å². The molecule has 2 aromatic rings. The minimum absolute atomic E-state index is 0.180. The van der Waals surface area contributed by atoms with Crippen molar-refractivity contribution in [2.45, 2.75) is 6.61 Å². The Morgan fingerprint density at radius 3 is 2.71 bits per heavy atom.